The molecule has 2 aliphatic carbocycles. The van der Waals surface area contributed by atoms with E-state index in [2.05, 4.69) is 221 Å². The number of hydrogen-bond acceptors (Lipinski definition) is 2. The van der Waals surface area contributed by atoms with Crippen LogP contribution in [0.15, 0.2) is 192 Å². The molecule has 0 fully saturated rings. The van der Waals surface area contributed by atoms with E-state index >= 15 is 0 Å². The van der Waals surface area contributed by atoms with Crippen LogP contribution in [-0.2, 0) is 10.8 Å². The molecule has 60 heavy (non-hydrogen) atoms. The van der Waals surface area contributed by atoms with Crippen LogP contribution >= 0.6 is 0 Å². The minimum absolute atomic E-state index is 0.106. The van der Waals surface area contributed by atoms with Crippen molar-refractivity contribution in [3.05, 3.63) is 210 Å². The number of furan rings is 1. The Balaban J connectivity index is 1.05. The van der Waals surface area contributed by atoms with Crippen LogP contribution in [-0.4, -0.2) is 0 Å². The number of benzene rings is 9. The van der Waals surface area contributed by atoms with E-state index in [4.69, 9.17) is 4.42 Å². The molecular formula is C58H43NO. The van der Waals surface area contributed by atoms with Gasteiger partial charge in [-0.1, -0.05) is 179 Å². The van der Waals surface area contributed by atoms with Crippen molar-refractivity contribution in [3.8, 4) is 44.5 Å². The second-order valence-electron chi connectivity index (χ2n) is 17.6. The van der Waals surface area contributed by atoms with E-state index in [9.17, 15) is 0 Å². The summed E-state index contributed by atoms with van der Waals surface area (Å²) in [6, 6.07) is 69.2. The summed E-state index contributed by atoms with van der Waals surface area (Å²) in [5.74, 6) is 0. The second kappa shape index (κ2) is 12.7. The summed E-state index contributed by atoms with van der Waals surface area (Å²) in [6.45, 7) is 9.46. The Kier molecular flexibility index (Phi) is 7.36. The summed E-state index contributed by atoms with van der Waals surface area (Å²) in [4.78, 5) is 2.45. The zero-order chi connectivity index (χ0) is 40.3. The quantitative estimate of drug-likeness (QED) is 0.173. The second-order valence-corrected chi connectivity index (χ2v) is 17.6. The molecule has 0 atom stereocenters. The Morgan fingerprint density at radius 2 is 0.933 bits per heavy atom. The minimum Gasteiger partial charge on any atom is -0.455 e. The summed E-state index contributed by atoms with van der Waals surface area (Å²) in [6.07, 6.45) is 0. The average Bonchev–Trinajstić information content (AvgIpc) is 3.87. The maximum atomic E-state index is 6.94. The molecule has 0 saturated heterocycles. The highest BCUT2D eigenvalue weighted by Gasteiger charge is 2.38. The molecule has 9 aromatic carbocycles. The topological polar surface area (TPSA) is 16.4 Å². The Morgan fingerprint density at radius 3 is 1.75 bits per heavy atom. The van der Waals surface area contributed by atoms with Gasteiger partial charge in [-0.15, -0.1) is 0 Å². The van der Waals surface area contributed by atoms with Gasteiger partial charge in [-0.05, 0) is 97.4 Å². The fourth-order valence-corrected chi connectivity index (χ4v) is 10.8. The number of anilines is 3. The summed E-state index contributed by atoms with van der Waals surface area (Å²) < 4.78 is 6.94. The highest BCUT2D eigenvalue weighted by atomic mass is 16.3. The smallest absolute Gasteiger partial charge is 0.143 e. The van der Waals surface area contributed by atoms with E-state index in [1.165, 1.54) is 61.0 Å². The van der Waals surface area contributed by atoms with Crippen molar-refractivity contribution in [2.75, 3.05) is 4.90 Å². The molecule has 0 radical (unpaired) electrons. The molecule has 2 aliphatic rings. The molecule has 2 nitrogen and oxygen atoms in total. The standard InChI is InChI=1S/C58H43NO/c1-57(2)50-24-10-7-17-42(50)44-34-32-39(35-52(44)57)59(38-30-27-37(28-31-38)40-20-13-21-46-43-18-8-11-25-51(43)58(3,4)54(40)46)53-26-12-9-19-45(53)47-22-14-23-48-49-33-29-36-15-5-6-16-41(36)55(49)60-56(47)48/h5-35H,1-4H3. The molecule has 2 heteroatoms. The van der Waals surface area contributed by atoms with E-state index < -0.39 is 0 Å². The van der Waals surface area contributed by atoms with Crippen molar-refractivity contribution in [1.82, 2.24) is 0 Å². The van der Waals surface area contributed by atoms with Gasteiger partial charge in [0.15, 0.2) is 0 Å². The van der Waals surface area contributed by atoms with E-state index in [1.807, 2.05) is 0 Å². The molecule has 1 heterocycles. The maximum Gasteiger partial charge on any atom is 0.143 e. The fourth-order valence-electron chi connectivity index (χ4n) is 10.8. The van der Waals surface area contributed by atoms with Gasteiger partial charge in [0.2, 0.25) is 0 Å². The van der Waals surface area contributed by atoms with E-state index in [0.29, 0.717) is 0 Å². The zero-order valence-electron chi connectivity index (χ0n) is 34.3. The van der Waals surface area contributed by atoms with Crippen molar-refractivity contribution >= 4 is 49.8 Å². The van der Waals surface area contributed by atoms with Gasteiger partial charge in [-0.3, -0.25) is 0 Å². The van der Waals surface area contributed by atoms with Gasteiger partial charge in [0, 0.05) is 49.5 Å². The van der Waals surface area contributed by atoms with Crippen LogP contribution in [0.1, 0.15) is 49.9 Å². The highest BCUT2D eigenvalue weighted by molar-refractivity contribution is 6.17. The molecule has 0 saturated carbocycles. The summed E-state index contributed by atoms with van der Waals surface area (Å²) in [5.41, 5.74) is 20.4. The molecule has 286 valence electrons. The van der Waals surface area contributed by atoms with Crippen LogP contribution < -0.4 is 4.90 Å². The summed E-state index contributed by atoms with van der Waals surface area (Å²) >= 11 is 0. The Bertz CT molecular complexity index is 3380. The highest BCUT2D eigenvalue weighted by Crippen LogP contribution is 2.54. The Hall–Kier alpha value is -7.16. The molecule has 0 unspecified atom stereocenters. The lowest BCUT2D eigenvalue weighted by Gasteiger charge is -2.30. The molecule has 0 bridgehead atoms. The van der Waals surface area contributed by atoms with Crippen molar-refractivity contribution in [3.63, 3.8) is 0 Å². The zero-order valence-corrected chi connectivity index (χ0v) is 34.3. The third-order valence-corrected chi connectivity index (χ3v) is 13.7. The van der Waals surface area contributed by atoms with Gasteiger partial charge < -0.3 is 9.32 Å². The maximum absolute atomic E-state index is 6.94. The molecule has 1 aromatic heterocycles. The van der Waals surface area contributed by atoms with Gasteiger partial charge in [-0.2, -0.15) is 0 Å². The molecule has 10 aromatic rings. The number of fused-ring (bicyclic) bond motifs is 11. The molecule has 0 aliphatic heterocycles. The van der Waals surface area contributed by atoms with Crippen molar-refractivity contribution in [2.24, 2.45) is 0 Å². The third kappa shape index (κ3) is 4.88. The van der Waals surface area contributed by atoms with Crippen LogP contribution in [0.25, 0.3) is 77.2 Å². The number of rotatable bonds is 5. The molecule has 12 rings (SSSR count). The fraction of sp³-hybridized carbons (Fsp3) is 0.103. The summed E-state index contributed by atoms with van der Waals surface area (Å²) in [5, 5.41) is 4.56. The molecule has 0 amide bonds. The number of nitrogens with zero attached hydrogens (tertiary/aromatic N) is 1. The van der Waals surface area contributed by atoms with Crippen molar-refractivity contribution in [1.29, 1.82) is 0 Å². The summed E-state index contributed by atoms with van der Waals surface area (Å²) in [7, 11) is 0. The number of hydrogen-bond donors (Lipinski definition) is 0. The van der Waals surface area contributed by atoms with Crippen LogP contribution in [0.3, 0.4) is 0 Å². The van der Waals surface area contributed by atoms with Crippen LogP contribution in [0, 0.1) is 0 Å². The van der Waals surface area contributed by atoms with E-state index in [1.54, 1.807) is 0 Å². The first-order valence-electron chi connectivity index (χ1n) is 21.1. The Morgan fingerprint density at radius 1 is 0.367 bits per heavy atom. The minimum atomic E-state index is -0.141. The van der Waals surface area contributed by atoms with Crippen LogP contribution in [0.4, 0.5) is 17.1 Å². The predicted octanol–water partition coefficient (Wildman–Crippen LogP) is 16.2. The Labute approximate surface area is 351 Å². The first kappa shape index (κ1) is 34.8. The van der Waals surface area contributed by atoms with Gasteiger partial charge in [-0.25, -0.2) is 0 Å². The van der Waals surface area contributed by atoms with Gasteiger partial charge in [0.1, 0.15) is 11.2 Å². The van der Waals surface area contributed by atoms with Crippen LogP contribution in [0.5, 0.6) is 0 Å². The lowest BCUT2D eigenvalue weighted by molar-refractivity contribution is 0.660. The monoisotopic (exact) mass is 769 g/mol. The van der Waals surface area contributed by atoms with Gasteiger partial charge in [0.05, 0.1) is 5.69 Å². The van der Waals surface area contributed by atoms with Crippen molar-refractivity contribution in [2.45, 2.75) is 38.5 Å². The lowest BCUT2D eigenvalue weighted by Crippen LogP contribution is -2.17. The first-order valence-corrected chi connectivity index (χ1v) is 21.1. The van der Waals surface area contributed by atoms with E-state index in [0.717, 1.165) is 55.5 Å². The average molecular weight is 770 g/mol. The molecular weight excluding hydrogens is 727 g/mol. The molecule has 0 N–H and O–H groups in total. The first-order chi connectivity index (χ1) is 29.3. The normalized spacial score (nSPS) is 14.3. The lowest BCUT2D eigenvalue weighted by atomic mass is 9.79. The molecule has 0 spiro atoms. The van der Waals surface area contributed by atoms with E-state index in [-0.39, 0.29) is 10.8 Å². The third-order valence-electron chi connectivity index (χ3n) is 13.7. The number of para-hydroxylation sites is 2. The SMILES string of the molecule is CC1(C)c2ccccc2-c2ccc(N(c3ccc(-c4cccc5c4C(C)(C)c4ccccc4-5)cc3)c3ccccc3-c3cccc4c3oc3c5ccccc5ccc43)cc21. The van der Waals surface area contributed by atoms with Crippen molar-refractivity contribution < 1.29 is 4.42 Å². The largest absolute Gasteiger partial charge is 0.455 e. The predicted molar refractivity (Wildman–Crippen MR) is 252 cm³/mol. The van der Waals surface area contributed by atoms with Gasteiger partial charge in [0.25, 0.3) is 0 Å². The van der Waals surface area contributed by atoms with Crippen LogP contribution in [0.2, 0.25) is 0 Å². The van der Waals surface area contributed by atoms with Gasteiger partial charge >= 0.3 is 0 Å².